The van der Waals surface area contributed by atoms with Gasteiger partial charge in [-0.05, 0) is 5.92 Å². The minimum absolute atomic E-state index is 0.264. The molecule has 1 atom stereocenters. The van der Waals surface area contributed by atoms with Gasteiger partial charge in [0.25, 0.3) is 0 Å². The van der Waals surface area contributed by atoms with Crippen LogP contribution in [0.5, 0.6) is 0 Å². The lowest BCUT2D eigenvalue weighted by molar-refractivity contribution is 0.101. The molecule has 0 aromatic carbocycles. The zero-order valence-corrected chi connectivity index (χ0v) is 10.8. The Kier molecular flexibility index (Phi) is 5.94. The predicted molar refractivity (Wildman–Crippen MR) is 70.4 cm³/mol. The lowest BCUT2D eigenvalue weighted by Crippen LogP contribution is -2.32. The summed E-state index contributed by atoms with van der Waals surface area (Å²) in [5, 5.41) is 17.3. The van der Waals surface area contributed by atoms with Crippen molar-refractivity contribution in [1.29, 1.82) is 0 Å². The summed E-state index contributed by atoms with van der Waals surface area (Å²) in [6, 6.07) is 0. The van der Waals surface area contributed by atoms with Crippen LogP contribution in [0, 0.1) is 5.92 Å². The molecule has 0 saturated heterocycles. The molecule has 2 N–H and O–H groups in total. The highest BCUT2D eigenvalue weighted by Crippen LogP contribution is 2.12. The van der Waals surface area contributed by atoms with Crippen molar-refractivity contribution >= 4 is 6.20 Å². The minimum Gasteiger partial charge on any atom is -0.392 e. The van der Waals surface area contributed by atoms with Crippen LogP contribution in [0.4, 0.5) is 0 Å². The van der Waals surface area contributed by atoms with Gasteiger partial charge in [-0.1, -0.05) is 33.3 Å². The second kappa shape index (κ2) is 7.25. The molecule has 4 heteroatoms. The molecule has 96 valence electrons. The Labute approximate surface area is 103 Å². The molecule has 1 rings (SSSR count). The molecule has 0 aliphatic heterocycles. The summed E-state index contributed by atoms with van der Waals surface area (Å²) in [6.07, 6.45) is 7.16. The highest BCUT2D eigenvalue weighted by molar-refractivity contribution is 5.17. The van der Waals surface area contributed by atoms with E-state index in [9.17, 15) is 5.11 Å². The molecule has 1 aromatic heterocycles. The SMILES string of the molecule is C=Cn1cc(CNCC(O)C(CC)CC)cn1. The van der Waals surface area contributed by atoms with Gasteiger partial charge in [-0.3, -0.25) is 0 Å². The number of nitrogens with zero attached hydrogens (tertiary/aromatic N) is 2. The van der Waals surface area contributed by atoms with Gasteiger partial charge < -0.3 is 10.4 Å². The molecule has 0 fully saturated rings. The number of nitrogens with one attached hydrogen (secondary N) is 1. The van der Waals surface area contributed by atoms with E-state index in [-0.39, 0.29) is 6.10 Å². The summed E-state index contributed by atoms with van der Waals surface area (Å²) in [5.74, 6) is 0.387. The fraction of sp³-hybridized carbons (Fsp3) is 0.615. The molecule has 1 unspecified atom stereocenters. The smallest absolute Gasteiger partial charge is 0.0692 e. The van der Waals surface area contributed by atoms with Crippen LogP contribution < -0.4 is 5.32 Å². The van der Waals surface area contributed by atoms with Crippen molar-refractivity contribution in [3.05, 3.63) is 24.5 Å². The van der Waals surface area contributed by atoms with Crippen molar-refractivity contribution in [3.63, 3.8) is 0 Å². The van der Waals surface area contributed by atoms with Gasteiger partial charge in [0.1, 0.15) is 0 Å². The van der Waals surface area contributed by atoms with Crippen LogP contribution in [0.15, 0.2) is 19.0 Å². The normalized spacial score (nSPS) is 12.9. The van der Waals surface area contributed by atoms with E-state index in [0.717, 1.165) is 24.9 Å². The summed E-state index contributed by atoms with van der Waals surface area (Å²) in [5.41, 5.74) is 1.10. The lowest BCUT2D eigenvalue weighted by atomic mass is 9.96. The van der Waals surface area contributed by atoms with E-state index in [1.54, 1.807) is 17.1 Å². The van der Waals surface area contributed by atoms with Gasteiger partial charge >= 0.3 is 0 Å². The van der Waals surface area contributed by atoms with E-state index in [1.165, 1.54) is 0 Å². The first kappa shape index (κ1) is 13.9. The maximum Gasteiger partial charge on any atom is 0.0692 e. The number of aliphatic hydroxyl groups is 1. The average molecular weight is 237 g/mol. The molecule has 1 aromatic rings. The third-order valence-corrected chi connectivity index (χ3v) is 3.12. The third-order valence-electron chi connectivity index (χ3n) is 3.12. The number of hydrogen-bond donors (Lipinski definition) is 2. The average Bonchev–Trinajstić information content (AvgIpc) is 2.78. The molecular weight excluding hydrogens is 214 g/mol. The van der Waals surface area contributed by atoms with Crippen LogP contribution in [-0.4, -0.2) is 27.5 Å². The van der Waals surface area contributed by atoms with E-state index in [1.807, 2.05) is 6.20 Å². The van der Waals surface area contributed by atoms with Gasteiger partial charge in [0.05, 0.1) is 12.3 Å². The Morgan fingerprint density at radius 3 is 2.76 bits per heavy atom. The van der Waals surface area contributed by atoms with E-state index < -0.39 is 0 Å². The van der Waals surface area contributed by atoms with Crippen molar-refractivity contribution in [2.75, 3.05) is 6.54 Å². The molecule has 0 amide bonds. The van der Waals surface area contributed by atoms with Crippen molar-refractivity contribution in [2.24, 2.45) is 5.92 Å². The number of rotatable bonds is 8. The van der Waals surface area contributed by atoms with Gasteiger partial charge in [0.15, 0.2) is 0 Å². The molecule has 4 nitrogen and oxygen atoms in total. The van der Waals surface area contributed by atoms with Gasteiger partial charge in [0.2, 0.25) is 0 Å². The van der Waals surface area contributed by atoms with Gasteiger partial charge in [-0.15, -0.1) is 0 Å². The highest BCUT2D eigenvalue weighted by atomic mass is 16.3. The Morgan fingerprint density at radius 1 is 1.53 bits per heavy atom. The molecule has 1 heterocycles. The summed E-state index contributed by atoms with van der Waals surface area (Å²) in [6.45, 7) is 9.23. The van der Waals surface area contributed by atoms with E-state index in [2.05, 4.69) is 30.8 Å². The quantitative estimate of drug-likeness (QED) is 0.725. The van der Waals surface area contributed by atoms with Gasteiger partial charge in [0, 0.05) is 31.0 Å². The van der Waals surface area contributed by atoms with E-state index in [4.69, 9.17) is 0 Å². The van der Waals surface area contributed by atoms with Crippen LogP contribution in [-0.2, 0) is 6.54 Å². The van der Waals surface area contributed by atoms with E-state index >= 15 is 0 Å². The number of aromatic nitrogens is 2. The van der Waals surface area contributed by atoms with E-state index in [0.29, 0.717) is 12.5 Å². The maximum atomic E-state index is 9.94. The molecule has 0 bridgehead atoms. The first-order chi connectivity index (χ1) is 8.21. The molecule has 0 aliphatic carbocycles. The summed E-state index contributed by atoms with van der Waals surface area (Å²) in [4.78, 5) is 0. The van der Waals surface area contributed by atoms with Crippen LogP contribution in [0.2, 0.25) is 0 Å². The maximum absolute atomic E-state index is 9.94. The Bertz CT molecular complexity index is 331. The van der Waals surface area contributed by atoms with Crippen molar-refractivity contribution < 1.29 is 5.11 Å². The second-order valence-electron chi connectivity index (χ2n) is 4.29. The van der Waals surface area contributed by atoms with Gasteiger partial charge in [-0.25, -0.2) is 4.68 Å². The first-order valence-electron chi connectivity index (χ1n) is 6.25. The first-order valence-corrected chi connectivity index (χ1v) is 6.25. The van der Waals surface area contributed by atoms with Crippen molar-refractivity contribution in [3.8, 4) is 0 Å². The summed E-state index contributed by atoms with van der Waals surface area (Å²) < 4.78 is 1.67. The second-order valence-corrected chi connectivity index (χ2v) is 4.29. The molecule has 0 aliphatic rings. The number of hydrogen-bond acceptors (Lipinski definition) is 3. The monoisotopic (exact) mass is 237 g/mol. The van der Waals surface area contributed by atoms with Crippen LogP contribution in [0.3, 0.4) is 0 Å². The minimum atomic E-state index is -0.264. The molecule has 0 saturated carbocycles. The fourth-order valence-corrected chi connectivity index (χ4v) is 1.93. The Morgan fingerprint density at radius 2 is 2.24 bits per heavy atom. The summed E-state index contributed by atoms with van der Waals surface area (Å²) >= 11 is 0. The Hall–Kier alpha value is -1.13. The Balaban J connectivity index is 2.29. The van der Waals surface area contributed by atoms with Crippen LogP contribution in [0.1, 0.15) is 32.3 Å². The predicted octanol–water partition coefficient (Wildman–Crippen LogP) is 1.87. The molecule has 0 radical (unpaired) electrons. The zero-order chi connectivity index (χ0) is 12.7. The lowest BCUT2D eigenvalue weighted by Gasteiger charge is -2.20. The highest BCUT2D eigenvalue weighted by Gasteiger charge is 2.14. The molecule has 0 spiro atoms. The van der Waals surface area contributed by atoms with Crippen LogP contribution in [0.25, 0.3) is 6.20 Å². The fourth-order valence-electron chi connectivity index (χ4n) is 1.93. The van der Waals surface area contributed by atoms with Gasteiger partial charge in [-0.2, -0.15) is 5.10 Å². The van der Waals surface area contributed by atoms with Crippen molar-refractivity contribution in [1.82, 2.24) is 15.1 Å². The van der Waals surface area contributed by atoms with Crippen LogP contribution >= 0.6 is 0 Å². The number of aliphatic hydroxyl groups excluding tert-OH is 1. The molecule has 17 heavy (non-hydrogen) atoms. The molecular formula is C13H23N3O. The third kappa shape index (κ3) is 4.32. The standard InChI is InChI=1S/C13H23N3O/c1-4-12(5-2)13(17)9-14-7-11-8-15-16(6-3)10-11/h6,8,10,12-14,17H,3-5,7,9H2,1-2H3. The largest absolute Gasteiger partial charge is 0.392 e. The zero-order valence-electron chi connectivity index (χ0n) is 10.8. The topological polar surface area (TPSA) is 50.1 Å². The summed E-state index contributed by atoms with van der Waals surface area (Å²) in [7, 11) is 0. The van der Waals surface area contributed by atoms with Crippen molar-refractivity contribution in [2.45, 2.75) is 39.3 Å².